The first-order chi connectivity index (χ1) is 8.08. The van der Waals surface area contributed by atoms with E-state index in [0.717, 1.165) is 0 Å². The Hall–Kier alpha value is -1.92. The van der Waals surface area contributed by atoms with Gasteiger partial charge in [0.15, 0.2) is 12.0 Å². The van der Waals surface area contributed by atoms with Gasteiger partial charge in [0.25, 0.3) is 0 Å². The molecule has 0 bridgehead atoms. The van der Waals surface area contributed by atoms with Gasteiger partial charge >= 0.3 is 0 Å². The van der Waals surface area contributed by atoms with Crippen molar-refractivity contribution < 1.29 is 19.4 Å². The van der Waals surface area contributed by atoms with Crippen molar-refractivity contribution in [2.24, 2.45) is 5.73 Å². The Morgan fingerprint density at radius 3 is 2.94 bits per heavy atom. The number of amides is 1. The van der Waals surface area contributed by atoms with Gasteiger partial charge < -0.3 is 20.4 Å². The van der Waals surface area contributed by atoms with Gasteiger partial charge in [0.2, 0.25) is 5.91 Å². The van der Waals surface area contributed by atoms with E-state index in [1.54, 1.807) is 18.2 Å². The lowest BCUT2D eigenvalue weighted by molar-refractivity contribution is -0.121. The highest BCUT2D eigenvalue weighted by atomic mass is 16.3. The maximum Gasteiger partial charge on any atom is 0.220 e. The number of fused-ring (bicyclic) bond motifs is 1. The second kappa shape index (κ2) is 4.52. The van der Waals surface area contributed by atoms with Gasteiger partial charge in [-0.05, 0) is 17.7 Å². The van der Waals surface area contributed by atoms with Gasteiger partial charge in [-0.15, -0.1) is 0 Å². The monoisotopic (exact) mass is 236 g/mol. The Balaban J connectivity index is 2.23. The maximum absolute atomic E-state index is 10.6. The van der Waals surface area contributed by atoms with Crippen LogP contribution in [-0.2, 0) is 4.79 Å². The summed E-state index contributed by atoms with van der Waals surface area (Å²) < 4.78 is 5.05. The van der Waals surface area contributed by atoms with E-state index in [4.69, 9.17) is 10.2 Å². The quantitative estimate of drug-likeness (QED) is 0.697. The number of hydrogen-bond donors (Lipinski definition) is 3. The fourth-order valence-electron chi connectivity index (χ4n) is 1.60. The van der Waals surface area contributed by atoms with Crippen molar-refractivity contribution >= 4 is 17.0 Å². The molecule has 0 radical (unpaired) electrons. The van der Waals surface area contributed by atoms with E-state index in [2.05, 4.69) is 4.98 Å². The number of benzene rings is 1. The Kier molecular flexibility index (Phi) is 3.08. The van der Waals surface area contributed by atoms with Crippen molar-refractivity contribution in [3.63, 3.8) is 0 Å². The summed E-state index contributed by atoms with van der Waals surface area (Å²) in [6.07, 6.45) is -1.40. The number of rotatable bonds is 4. The molecular weight excluding hydrogens is 224 g/mol. The number of nitrogens with zero attached hydrogens (tertiary/aromatic N) is 1. The van der Waals surface area contributed by atoms with Gasteiger partial charge in [0, 0.05) is 0 Å². The first kappa shape index (κ1) is 11.6. The van der Waals surface area contributed by atoms with Crippen molar-refractivity contribution in [1.29, 1.82) is 0 Å². The predicted molar refractivity (Wildman–Crippen MR) is 58.8 cm³/mol. The summed E-state index contributed by atoms with van der Waals surface area (Å²) in [5.41, 5.74) is 6.57. The van der Waals surface area contributed by atoms with Crippen LogP contribution in [0.2, 0.25) is 0 Å². The molecule has 4 N–H and O–H groups in total. The number of aliphatic hydroxyl groups excluding tert-OH is 2. The van der Waals surface area contributed by atoms with Crippen LogP contribution in [0.25, 0.3) is 11.1 Å². The van der Waals surface area contributed by atoms with Gasteiger partial charge in [0.1, 0.15) is 11.6 Å². The molecule has 1 amide bonds. The third kappa shape index (κ3) is 2.43. The zero-order valence-corrected chi connectivity index (χ0v) is 8.91. The van der Waals surface area contributed by atoms with Crippen molar-refractivity contribution in [3.8, 4) is 0 Å². The van der Waals surface area contributed by atoms with Gasteiger partial charge in [0.05, 0.1) is 12.5 Å². The molecule has 2 rings (SSSR count). The van der Waals surface area contributed by atoms with Gasteiger partial charge in [-0.25, -0.2) is 4.98 Å². The molecular formula is C11H12N2O4. The molecule has 6 heteroatoms. The number of aromatic nitrogens is 1. The third-order valence-corrected chi connectivity index (χ3v) is 2.47. The number of aliphatic hydroxyl groups is 2. The molecule has 0 aliphatic carbocycles. The van der Waals surface area contributed by atoms with Crippen LogP contribution in [0.1, 0.15) is 18.1 Å². The summed E-state index contributed by atoms with van der Waals surface area (Å²) in [4.78, 5) is 14.6. The second-order valence-electron chi connectivity index (χ2n) is 3.76. The summed E-state index contributed by atoms with van der Waals surface area (Å²) in [6, 6.07) is 4.83. The minimum absolute atomic E-state index is 0.294. The fourth-order valence-corrected chi connectivity index (χ4v) is 1.60. The summed E-state index contributed by atoms with van der Waals surface area (Å²) in [6.45, 7) is 0. The molecule has 0 saturated carbocycles. The van der Waals surface area contributed by atoms with Crippen LogP contribution in [0.5, 0.6) is 0 Å². The smallest absolute Gasteiger partial charge is 0.220 e. The molecule has 0 spiro atoms. The van der Waals surface area contributed by atoms with Crippen LogP contribution < -0.4 is 5.73 Å². The molecule has 17 heavy (non-hydrogen) atoms. The molecule has 1 heterocycles. The van der Waals surface area contributed by atoms with Crippen molar-refractivity contribution in [2.45, 2.75) is 18.6 Å². The van der Waals surface area contributed by atoms with Gasteiger partial charge in [-0.2, -0.15) is 0 Å². The predicted octanol–water partition coefficient (Wildman–Crippen LogP) is 0.0975. The summed E-state index contributed by atoms with van der Waals surface area (Å²) in [5, 5.41) is 19.4. The Morgan fingerprint density at radius 1 is 1.47 bits per heavy atom. The highest BCUT2D eigenvalue weighted by molar-refractivity contribution is 5.75. The number of hydrogen-bond acceptors (Lipinski definition) is 5. The zero-order valence-electron chi connectivity index (χ0n) is 8.91. The average molecular weight is 236 g/mol. The molecule has 1 aromatic carbocycles. The molecule has 0 saturated heterocycles. The van der Waals surface area contributed by atoms with Crippen LogP contribution in [0.15, 0.2) is 29.0 Å². The summed E-state index contributed by atoms with van der Waals surface area (Å²) in [7, 11) is 0. The molecule has 2 unspecified atom stereocenters. The molecule has 90 valence electrons. The number of carbonyl (C=O) groups excluding carboxylic acids is 1. The minimum atomic E-state index is -1.23. The zero-order chi connectivity index (χ0) is 12.4. The van der Waals surface area contributed by atoms with Crippen LogP contribution >= 0.6 is 0 Å². The van der Waals surface area contributed by atoms with E-state index in [1.807, 2.05) is 0 Å². The second-order valence-corrected chi connectivity index (χ2v) is 3.76. The highest BCUT2D eigenvalue weighted by Crippen LogP contribution is 2.22. The lowest BCUT2D eigenvalue weighted by Crippen LogP contribution is -2.25. The molecule has 6 nitrogen and oxygen atoms in total. The van der Waals surface area contributed by atoms with E-state index in [0.29, 0.717) is 16.7 Å². The SMILES string of the molecule is NC(=O)CC(O)C(O)c1ccc2ocnc2c1. The van der Waals surface area contributed by atoms with Crippen molar-refractivity contribution in [3.05, 3.63) is 30.2 Å². The highest BCUT2D eigenvalue weighted by Gasteiger charge is 2.20. The van der Waals surface area contributed by atoms with Crippen LogP contribution in [0.4, 0.5) is 0 Å². The van der Waals surface area contributed by atoms with Crippen molar-refractivity contribution in [1.82, 2.24) is 4.98 Å². The molecule has 0 aliphatic heterocycles. The third-order valence-electron chi connectivity index (χ3n) is 2.47. The molecule has 2 aromatic rings. The number of primary amides is 1. The summed E-state index contributed by atoms with van der Waals surface area (Å²) >= 11 is 0. The van der Waals surface area contributed by atoms with E-state index in [1.165, 1.54) is 6.39 Å². The van der Waals surface area contributed by atoms with Gasteiger partial charge in [-0.3, -0.25) is 4.79 Å². The Morgan fingerprint density at radius 2 is 2.24 bits per heavy atom. The van der Waals surface area contributed by atoms with Crippen LogP contribution in [-0.4, -0.2) is 27.2 Å². The first-order valence-electron chi connectivity index (χ1n) is 5.05. The Bertz CT molecular complexity index is 537. The number of oxazole rings is 1. The summed E-state index contributed by atoms with van der Waals surface area (Å²) in [5.74, 6) is -0.668. The molecule has 0 fully saturated rings. The first-order valence-corrected chi connectivity index (χ1v) is 5.05. The lowest BCUT2D eigenvalue weighted by atomic mass is 10.0. The number of nitrogens with two attached hydrogens (primary N) is 1. The largest absolute Gasteiger partial charge is 0.443 e. The standard InChI is InChI=1S/C11H12N2O4/c12-10(15)4-8(14)11(16)6-1-2-9-7(3-6)13-5-17-9/h1-3,5,8,11,14,16H,4H2,(H2,12,15). The van der Waals surface area contributed by atoms with Crippen molar-refractivity contribution in [2.75, 3.05) is 0 Å². The van der Waals surface area contributed by atoms with Crippen LogP contribution in [0.3, 0.4) is 0 Å². The topological polar surface area (TPSA) is 110 Å². The van der Waals surface area contributed by atoms with E-state index < -0.39 is 18.1 Å². The minimum Gasteiger partial charge on any atom is -0.443 e. The maximum atomic E-state index is 10.6. The van der Waals surface area contributed by atoms with Crippen LogP contribution in [0, 0.1) is 0 Å². The Labute approximate surface area is 96.7 Å². The molecule has 1 aromatic heterocycles. The van der Waals surface area contributed by atoms with E-state index in [-0.39, 0.29) is 6.42 Å². The normalized spacial score (nSPS) is 14.7. The fraction of sp³-hybridized carbons (Fsp3) is 0.273. The van der Waals surface area contributed by atoms with Gasteiger partial charge in [-0.1, -0.05) is 6.07 Å². The average Bonchev–Trinajstić information content (AvgIpc) is 2.73. The number of carbonyl (C=O) groups is 1. The lowest BCUT2D eigenvalue weighted by Gasteiger charge is -2.16. The molecule has 2 atom stereocenters. The van der Waals surface area contributed by atoms with E-state index >= 15 is 0 Å². The molecule has 0 aliphatic rings. The van der Waals surface area contributed by atoms with E-state index in [9.17, 15) is 15.0 Å².